The molecule has 0 radical (unpaired) electrons. The number of nitrogens with two attached hydrogens (primary N) is 1. The number of hydrogen-bond donors (Lipinski definition) is 1. The Hall–Kier alpha value is -0.210. The Bertz CT molecular complexity index is 313. The van der Waals surface area contributed by atoms with E-state index in [1.807, 2.05) is 6.92 Å². The first-order chi connectivity index (χ1) is 7.97. The third-order valence-corrected chi connectivity index (χ3v) is 4.23. The van der Waals surface area contributed by atoms with Crippen molar-refractivity contribution in [1.82, 2.24) is 9.21 Å². The molecule has 1 saturated heterocycles. The fraction of sp³-hybridized carbons (Fsp3) is 1.00. The Morgan fingerprint density at radius 3 is 2.29 bits per heavy atom. The first kappa shape index (κ1) is 14.8. The predicted molar refractivity (Wildman–Crippen MR) is 67.3 cm³/mol. The second-order valence-electron chi connectivity index (χ2n) is 4.28. The van der Waals surface area contributed by atoms with E-state index in [-0.39, 0.29) is 6.10 Å². The van der Waals surface area contributed by atoms with Gasteiger partial charge in [0.05, 0.1) is 12.4 Å². The van der Waals surface area contributed by atoms with Crippen LogP contribution in [-0.4, -0.2) is 75.9 Å². The van der Waals surface area contributed by atoms with E-state index >= 15 is 0 Å². The molecule has 1 heterocycles. The van der Waals surface area contributed by atoms with E-state index in [1.165, 1.54) is 10.6 Å². The van der Waals surface area contributed by atoms with Gasteiger partial charge in [0.1, 0.15) is 0 Å². The molecule has 0 bridgehead atoms. The smallest absolute Gasteiger partial charge is 0.211 e. The summed E-state index contributed by atoms with van der Waals surface area (Å²) in [7, 11) is -3.04. The Kier molecular flexibility index (Phi) is 5.81. The molecule has 0 aromatic carbocycles. The van der Waals surface area contributed by atoms with Crippen LogP contribution < -0.4 is 5.73 Å². The highest BCUT2D eigenvalue weighted by Gasteiger charge is 2.24. The zero-order chi connectivity index (χ0) is 12.9. The number of ether oxygens (including phenoxy) is 1. The Morgan fingerprint density at radius 1 is 1.29 bits per heavy atom. The number of rotatable bonds is 6. The molecule has 0 aliphatic carbocycles. The lowest BCUT2D eigenvalue weighted by Crippen LogP contribution is -2.51. The summed E-state index contributed by atoms with van der Waals surface area (Å²) in [5.74, 6) is 0. The molecule has 1 rings (SSSR count). The van der Waals surface area contributed by atoms with Gasteiger partial charge in [-0.15, -0.1) is 0 Å². The van der Waals surface area contributed by atoms with Gasteiger partial charge in [-0.1, -0.05) is 0 Å². The highest BCUT2D eigenvalue weighted by atomic mass is 32.2. The summed E-state index contributed by atoms with van der Waals surface area (Å²) < 4.78 is 29.7. The van der Waals surface area contributed by atoms with Crippen LogP contribution in [0, 0.1) is 0 Å². The van der Waals surface area contributed by atoms with Crippen LogP contribution in [0.3, 0.4) is 0 Å². The molecule has 0 aromatic rings. The summed E-state index contributed by atoms with van der Waals surface area (Å²) in [6.07, 6.45) is 1.30. The predicted octanol–water partition coefficient (Wildman–Crippen LogP) is -1.07. The second kappa shape index (κ2) is 6.65. The van der Waals surface area contributed by atoms with E-state index in [1.54, 1.807) is 0 Å². The average molecular weight is 265 g/mol. The topological polar surface area (TPSA) is 75.9 Å². The van der Waals surface area contributed by atoms with Crippen LogP contribution in [0.25, 0.3) is 0 Å². The molecule has 0 amide bonds. The third kappa shape index (κ3) is 4.89. The van der Waals surface area contributed by atoms with Crippen LogP contribution in [0.2, 0.25) is 0 Å². The third-order valence-electron chi connectivity index (χ3n) is 2.93. The van der Waals surface area contributed by atoms with Crippen molar-refractivity contribution in [3.63, 3.8) is 0 Å². The molecule has 0 aromatic heterocycles. The largest absolute Gasteiger partial charge is 0.376 e. The van der Waals surface area contributed by atoms with E-state index in [2.05, 4.69) is 4.90 Å². The molecule has 0 spiro atoms. The van der Waals surface area contributed by atoms with Gasteiger partial charge in [-0.05, 0) is 6.92 Å². The number of hydrogen-bond acceptors (Lipinski definition) is 5. The molecule has 7 heteroatoms. The van der Waals surface area contributed by atoms with Crippen molar-refractivity contribution < 1.29 is 13.2 Å². The number of piperazine rings is 1. The van der Waals surface area contributed by atoms with Crippen molar-refractivity contribution >= 4 is 10.0 Å². The summed E-state index contributed by atoms with van der Waals surface area (Å²) in [5, 5.41) is 0. The quantitative estimate of drug-likeness (QED) is 0.662. The summed E-state index contributed by atoms with van der Waals surface area (Å²) in [4.78, 5) is 2.20. The fourth-order valence-corrected chi connectivity index (χ4v) is 2.79. The summed E-state index contributed by atoms with van der Waals surface area (Å²) in [5.41, 5.74) is 5.61. The summed E-state index contributed by atoms with van der Waals surface area (Å²) in [6.45, 7) is 6.50. The molecule has 1 aliphatic rings. The van der Waals surface area contributed by atoms with Gasteiger partial charge in [-0.25, -0.2) is 8.42 Å². The monoisotopic (exact) mass is 265 g/mol. The lowest BCUT2D eigenvalue weighted by Gasteiger charge is -2.34. The zero-order valence-corrected chi connectivity index (χ0v) is 11.4. The Labute approximate surface area is 104 Å². The molecule has 0 saturated carbocycles. The van der Waals surface area contributed by atoms with Crippen molar-refractivity contribution in [1.29, 1.82) is 0 Å². The van der Waals surface area contributed by atoms with Crippen LogP contribution in [0.15, 0.2) is 0 Å². The van der Waals surface area contributed by atoms with Gasteiger partial charge in [-0.2, -0.15) is 4.31 Å². The highest BCUT2D eigenvalue weighted by Crippen LogP contribution is 2.07. The minimum Gasteiger partial charge on any atom is -0.376 e. The highest BCUT2D eigenvalue weighted by molar-refractivity contribution is 7.88. The molecule has 1 fully saturated rings. The van der Waals surface area contributed by atoms with Gasteiger partial charge in [0, 0.05) is 45.9 Å². The molecule has 1 atom stereocenters. The number of sulfonamides is 1. The van der Waals surface area contributed by atoms with Crippen molar-refractivity contribution in [2.75, 3.05) is 52.1 Å². The van der Waals surface area contributed by atoms with Gasteiger partial charge >= 0.3 is 0 Å². The summed E-state index contributed by atoms with van der Waals surface area (Å²) in [6, 6.07) is 0. The van der Waals surface area contributed by atoms with Crippen LogP contribution in [0.1, 0.15) is 6.92 Å². The molecular formula is C10H23N3O3S. The maximum absolute atomic E-state index is 11.3. The van der Waals surface area contributed by atoms with Crippen LogP contribution >= 0.6 is 0 Å². The Balaban J connectivity index is 2.36. The maximum atomic E-state index is 11.3. The molecule has 102 valence electrons. The minimum atomic E-state index is -3.04. The first-order valence-corrected chi connectivity index (χ1v) is 7.81. The van der Waals surface area contributed by atoms with Gasteiger partial charge < -0.3 is 10.5 Å². The van der Waals surface area contributed by atoms with Gasteiger partial charge in [0.15, 0.2) is 0 Å². The normalized spacial score (nSPS) is 21.6. The number of nitrogens with zero attached hydrogens (tertiary/aromatic N) is 2. The standard InChI is InChI=1S/C10H23N3O3S/c1-3-16-10(8-11)9-12-4-6-13(7-5-12)17(2,14)15/h10H,3-9,11H2,1-2H3. The lowest BCUT2D eigenvalue weighted by molar-refractivity contribution is 0.0315. The van der Waals surface area contributed by atoms with Crippen molar-refractivity contribution in [3.05, 3.63) is 0 Å². The summed E-state index contributed by atoms with van der Waals surface area (Å²) >= 11 is 0. The van der Waals surface area contributed by atoms with Gasteiger partial charge in [-0.3, -0.25) is 4.90 Å². The fourth-order valence-electron chi connectivity index (χ4n) is 1.96. The molecule has 6 nitrogen and oxygen atoms in total. The molecule has 1 aliphatic heterocycles. The van der Waals surface area contributed by atoms with E-state index in [4.69, 9.17) is 10.5 Å². The Morgan fingerprint density at radius 2 is 1.88 bits per heavy atom. The zero-order valence-electron chi connectivity index (χ0n) is 10.6. The van der Waals surface area contributed by atoms with Crippen LogP contribution in [-0.2, 0) is 14.8 Å². The van der Waals surface area contributed by atoms with E-state index < -0.39 is 10.0 Å². The van der Waals surface area contributed by atoms with Crippen molar-refractivity contribution in [2.24, 2.45) is 5.73 Å². The van der Waals surface area contributed by atoms with Crippen molar-refractivity contribution in [3.8, 4) is 0 Å². The van der Waals surface area contributed by atoms with Gasteiger partial charge in [0.25, 0.3) is 0 Å². The molecule has 1 unspecified atom stereocenters. The van der Waals surface area contributed by atoms with E-state index in [9.17, 15) is 8.42 Å². The SMILES string of the molecule is CCOC(CN)CN1CCN(S(C)(=O)=O)CC1. The molecule has 2 N–H and O–H groups in total. The van der Waals surface area contributed by atoms with E-state index in [0.29, 0.717) is 26.2 Å². The maximum Gasteiger partial charge on any atom is 0.211 e. The lowest BCUT2D eigenvalue weighted by atomic mass is 10.3. The average Bonchev–Trinajstić information content (AvgIpc) is 2.28. The van der Waals surface area contributed by atoms with Crippen molar-refractivity contribution in [2.45, 2.75) is 13.0 Å². The van der Waals surface area contributed by atoms with Crippen LogP contribution in [0.4, 0.5) is 0 Å². The van der Waals surface area contributed by atoms with E-state index in [0.717, 1.165) is 19.6 Å². The first-order valence-electron chi connectivity index (χ1n) is 5.96. The van der Waals surface area contributed by atoms with Gasteiger partial charge in [0.2, 0.25) is 10.0 Å². The minimum absolute atomic E-state index is 0.0461. The second-order valence-corrected chi connectivity index (χ2v) is 6.26. The molecular weight excluding hydrogens is 242 g/mol. The van der Waals surface area contributed by atoms with Crippen LogP contribution in [0.5, 0.6) is 0 Å². The molecule has 17 heavy (non-hydrogen) atoms.